The normalized spacial score (nSPS) is 10.8. The van der Waals surface area contributed by atoms with Crippen LogP contribution in [-0.4, -0.2) is 67.9 Å². The Bertz CT molecular complexity index is 1690. The minimum atomic E-state index is -4.58. The molecule has 0 atom stereocenters. The molecule has 0 heterocycles. The van der Waals surface area contributed by atoms with E-state index in [1.54, 1.807) is 0 Å². The van der Waals surface area contributed by atoms with Crippen LogP contribution < -0.4 is 14.8 Å². The van der Waals surface area contributed by atoms with E-state index in [-0.39, 0.29) is 37.9 Å². The summed E-state index contributed by atoms with van der Waals surface area (Å²) in [5.41, 5.74) is -2.36. The number of carboxylic acid groups (broad SMARTS) is 3. The van der Waals surface area contributed by atoms with E-state index in [0.717, 1.165) is 30.3 Å². The van der Waals surface area contributed by atoms with Crippen molar-refractivity contribution in [2.75, 3.05) is 19.9 Å². The Morgan fingerprint density at radius 1 is 0.936 bits per heavy atom. The van der Waals surface area contributed by atoms with Gasteiger partial charge in [0.2, 0.25) is 0 Å². The minimum absolute atomic E-state index is 0.0849. The van der Waals surface area contributed by atoms with E-state index in [0.29, 0.717) is 6.07 Å². The summed E-state index contributed by atoms with van der Waals surface area (Å²) in [5, 5.41) is 38.5. The zero-order chi connectivity index (χ0) is 36.3. The number of nitrogens with zero attached hydrogens (tertiary/aromatic N) is 1. The molecule has 6 N–H and O–H groups in total. The van der Waals surface area contributed by atoms with Crippen LogP contribution >= 0.6 is 42.4 Å². The van der Waals surface area contributed by atoms with Gasteiger partial charge in [-0.05, 0) is 36.4 Å². The van der Waals surface area contributed by atoms with E-state index in [1.807, 2.05) is 0 Å². The predicted molar refractivity (Wildman–Crippen MR) is 159 cm³/mol. The molecule has 3 aromatic rings. The van der Waals surface area contributed by atoms with Gasteiger partial charge in [-0.3, -0.25) is 24.8 Å². The lowest BCUT2D eigenvalue weighted by atomic mass is 10.1. The predicted octanol–water partition coefficient (Wildman–Crippen LogP) is 6.25. The largest absolute Gasteiger partial charge is 0.494 e. The van der Waals surface area contributed by atoms with Crippen LogP contribution in [0.3, 0.4) is 0 Å². The molecule has 0 fully saturated rings. The highest BCUT2D eigenvalue weighted by Crippen LogP contribution is 2.37. The summed E-state index contributed by atoms with van der Waals surface area (Å²) in [6.07, 6.45) is -5.18. The fourth-order valence-corrected chi connectivity index (χ4v) is 4.12. The summed E-state index contributed by atoms with van der Waals surface area (Å²) in [4.78, 5) is 57.8. The number of hydrogen-bond acceptors (Lipinski definition) is 9. The number of aromatic carboxylic acids is 2. The van der Waals surface area contributed by atoms with Crippen molar-refractivity contribution in [3.63, 3.8) is 0 Å². The molecule has 0 aliphatic heterocycles. The first-order valence-corrected chi connectivity index (χ1v) is 14.8. The molecule has 3 rings (SSSR count). The second kappa shape index (κ2) is 17.7. The van der Waals surface area contributed by atoms with Gasteiger partial charge in [-0.1, -0.05) is 34.8 Å². The summed E-state index contributed by atoms with van der Waals surface area (Å²) in [6.45, 7) is -0.439. The number of ether oxygens (including phenoxy) is 2. The summed E-state index contributed by atoms with van der Waals surface area (Å²) in [6, 6.07) is 8.16. The van der Waals surface area contributed by atoms with Gasteiger partial charge in [-0.25, -0.2) is 9.59 Å². The van der Waals surface area contributed by atoms with Crippen LogP contribution in [0.25, 0.3) is 0 Å². The van der Waals surface area contributed by atoms with E-state index >= 15 is 0 Å². The number of carboxylic acids is 3. The fraction of sp³-hybridized carbons (Fsp3) is 0.160. The Kier molecular flexibility index (Phi) is 15.4. The first kappa shape index (κ1) is 40.9. The number of nitro benzene ring substituents is 1. The number of hydrogen-bond donors (Lipinski definition) is 6. The third-order valence-electron chi connectivity index (χ3n) is 4.95. The fourth-order valence-electron chi connectivity index (χ4n) is 3.04. The van der Waals surface area contributed by atoms with Gasteiger partial charge in [-0.2, -0.15) is 13.2 Å². The van der Waals surface area contributed by atoms with Crippen molar-refractivity contribution in [2.45, 2.75) is 6.18 Å². The Hall–Kier alpha value is -4.16. The van der Waals surface area contributed by atoms with E-state index in [9.17, 15) is 42.2 Å². The van der Waals surface area contributed by atoms with Crippen LogP contribution in [0.15, 0.2) is 48.5 Å². The lowest BCUT2D eigenvalue weighted by Crippen LogP contribution is -2.23. The molecule has 47 heavy (non-hydrogen) atoms. The number of aliphatic carboxylic acids is 1. The molecule has 15 nitrogen and oxygen atoms in total. The van der Waals surface area contributed by atoms with Crippen molar-refractivity contribution in [3.8, 4) is 17.2 Å². The smallest absolute Gasteiger partial charge is 0.416 e. The monoisotopic (exact) mass is 750 g/mol. The lowest BCUT2D eigenvalue weighted by molar-refractivity contribution is -0.385. The minimum Gasteiger partial charge on any atom is -0.494 e. The van der Waals surface area contributed by atoms with Gasteiger partial charge in [0, 0.05) is 12.1 Å². The van der Waals surface area contributed by atoms with Crippen molar-refractivity contribution in [3.05, 3.63) is 90.4 Å². The number of rotatable bonds is 10. The SMILES string of the molecule is COc1c(Cl)ccc(Cl)c1C(=O)O.O=C(O)CNCP(=O)(O)O.O=C(O)c1cc(Oc2ccc(C(F)(F)F)cc2Cl)ccc1[N+](=O)[O-]. The Labute approximate surface area is 276 Å². The molecule has 0 bridgehead atoms. The molecule has 0 radical (unpaired) electrons. The number of alkyl halides is 3. The number of nitro groups is 1. The number of halogens is 6. The second-order valence-corrected chi connectivity index (χ2v) is 11.2. The standard InChI is InChI=1S/C14H7ClF3NO5.C8H6Cl2O3.C3H8NO5P/c15-10-5-7(14(16,17)18)1-4-12(10)24-8-2-3-11(19(22)23)9(6-8)13(20)21;1-13-7-5(10)3-2-4(9)6(7)8(11)12;5-3(6)1-4-2-10(7,8)9/h1-6H,(H,20,21);2-3H,1H3,(H,11,12);4H,1-2H2,(H,5,6)(H2,7,8,9). The summed E-state index contributed by atoms with van der Waals surface area (Å²) < 4.78 is 57.8. The van der Waals surface area contributed by atoms with E-state index in [1.165, 1.54) is 19.2 Å². The van der Waals surface area contributed by atoms with Gasteiger partial charge in [0.25, 0.3) is 5.69 Å². The Morgan fingerprint density at radius 2 is 1.53 bits per heavy atom. The molecule has 22 heteroatoms. The van der Waals surface area contributed by atoms with Crippen molar-refractivity contribution >= 4 is 66.0 Å². The average molecular weight is 752 g/mol. The maximum atomic E-state index is 12.6. The van der Waals surface area contributed by atoms with Crippen LogP contribution in [0.2, 0.25) is 15.1 Å². The van der Waals surface area contributed by atoms with Crippen molar-refractivity contribution in [2.24, 2.45) is 0 Å². The second-order valence-electron chi connectivity index (χ2n) is 8.37. The number of nitrogens with one attached hydrogen (secondary N) is 1. The molecule has 0 aliphatic carbocycles. The van der Waals surface area contributed by atoms with Crippen LogP contribution in [0.5, 0.6) is 17.2 Å². The molecule has 0 spiro atoms. The van der Waals surface area contributed by atoms with Crippen molar-refractivity contribution in [1.29, 1.82) is 0 Å². The summed E-state index contributed by atoms with van der Waals surface area (Å²) in [5.74, 6) is -4.06. The molecule has 0 unspecified atom stereocenters. The number of benzene rings is 3. The highest BCUT2D eigenvalue weighted by molar-refractivity contribution is 7.51. The molecule has 0 saturated heterocycles. The van der Waals surface area contributed by atoms with E-state index in [4.69, 9.17) is 69.4 Å². The third kappa shape index (κ3) is 13.6. The Morgan fingerprint density at radius 3 is 1.96 bits per heavy atom. The Balaban J connectivity index is 0.000000402. The maximum absolute atomic E-state index is 12.6. The van der Waals surface area contributed by atoms with E-state index in [2.05, 4.69) is 5.32 Å². The summed E-state index contributed by atoms with van der Waals surface area (Å²) in [7, 11) is -2.76. The molecule has 256 valence electrons. The molecule has 0 saturated carbocycles. The molecule has 3 aromatic carbocycles. The van der Waals surface area contributed by atoms with Gasteiger partial charge < -0.3 is 34.6 Å². The molecule has 0 amide bonds. The number of methoxy groups -OCH3 is 1. The number of carbonyl (C=O) groups is 3. The van der Waals surface area contributed by atoms with Gasteiger partial charge in [-0.15, -0.1) is 0 Å². The maximum Gasteiger partial charge on any atom is 0.416 e. The van der Waals surface area contributed by atoms with Crippen molar-refractivity contribution in [1.82, 2.24) is 5.32 Å². The zero-order valence-corrected chi connectivity index (χ0v) is 26.4. The van der Waals surface area contributed by atoms with Gasteiger partial charge >= 0.3 is 31.7 Å². The van der Waals surface area contributed by atoms with Gasteiger partial charge in [0.15, 0.2) is 5.75 Å². The highest BCUT2D eigenvalue weighted by atomic mass is 35.5. The first-order valence-electron chi connectivity index (χ1n) is 11.9. The van der Waals surface area contributed by atoms with Crippen LogP contribution in [0.1, 0.15) is 26.3 Å². The zero-order valence-electron chi connectivity index (χ0n) is 23.2. The van der Waals surface area contributed by atoms with Gasteiger partial charge in [0.05, 0.1) is 45.5 Å². The van der Waals surface area contributed by atoms with Crippen molar-refractivity contribution < 1.29 is 71.6 Å². The quantitative estimate of drug-likeness (QED) is 0.0762. The van der Waals surface area contributed by atoms with Crippen LogP contribution in [0, 0.1) is 10.1 Å². The molecule has 0 aliphatic rings. The molecular weight excluding hydrogens is 731 g/mol. The highest BCUT2D eigenvalue weighted by Gasteiger charge is 2.31. The van der Waals surface area contributed by atoms with Gasteiger partial charge in [0.1, 0.15) is 22.6 Å². The first-order chi connectivity index (χ1) is 21.6. The third-order valence-corrected chi connectivity index (χ3v) is 6.50. The molecular formula is C25H21Cl3F3N2O13P. The van der Waals surface area contributed by atoms with Crippen LogP contribution in [0.4, 0.5) is 18.9 Å². The topological polar surface area (TPSA) is 243 Å². The van der Waals surface area contributed by atoms with E-state index < -0.39 is 66.2 Å². The van der Waals surface area contributed by atoms with Crippen LogP contribution in [-0.2, 0) is 15.5 Å². The summed E-state index contributed by atoms with van der Waals surface area (Å²) >= 11 is 17.1. The average Bonchev–Trinajstić information content (AvgIpc) is 2.94. The molecule has 0 aromatic heterocycles. The lowest BCUT2D eigenvalue weighted by Gasteiger charge is -2.11.